The second-order valence-corrected chi connectivity index (χ2v) is 17.6. The van der Waals surface area contributed by atoms with Crippen LogP contribution in [0, 0.1) is 0 Å². The molecule has 0 unspecified atom stereocenters. The number of fused-ring (bicyclic) bond motifs is 9. The topological polar surface area (TPSA) is 9.86 Å². The molecular formula is C60H38N2S. The van der Waals surface area contributed by atoms with E-state index < -0.39 is 0 Å². The highest BCUT2D eigenvalue weighted by molar-refractivity contribution is 7.25. The van der Waals surface area contributed by atoms with E-state index in [0.29, 0.717) is 0 Å². The Hall–Kier alpha value is -7.98. The van der Waals surface area contributed by atoms with Gasteiger partial charge in [0.2, 0.25) is 0 Å². The Morgan fingerprint density at radius 3 is 1.25 bits per heavy atom. The Bertz CT molecular complexity index is 3900. The van der Waals surface area contributed by atoms with Crippen LogP contribution < -0.4 is 0 Å². The molecule has 0 fully saturated rings. The third-order valence-electron chi connectivity index (χ3n) is 12.9. The smallest absolute Gasteiger partial charge is 0.0542 e. The first-order valence-electron chi connectivity index (χ1n) is 21.6. The van der Waals surface area contributed by atoms with Crippen LogP contribution in [0.25, 0.3) is 120 Å². The van der Waals surface area contributed by atoms with Crippen molar-refractivity contribution in [3.05, 3.63) is 231 Å². The maximum Gasteiger partial charge on any atom is 0.0542 e. The van der Waals surface area contributed by atoms with Gasteiger partial charge in [-0.1, -0.05) is 152 Å². The molecule has 0 N–H and O–H groups in total. The van der Waals surface area contributed by atoms with Crippen LogP contribution in [0.3, 0.4) is 0 Å². The summed E-state index contributed by atoms with van der Waals surface area (Å²) in [7, 11) is 0. The van der Waals surface area contributed by atoms with Crippen molar-refractivity contribution >= 4 is 75.1 Å². The molecule has 0 amide bonds. The third kappa shape index (κ3) is 5.85. The van der Waals surface area contributed by atoms with E-state index in [2.05, 4.69) is 240 Å². The summed E-state index contributed by atoms with van der Waals surface area (Å²) in [5.74, 6) is 0. The van der Waals surface area contributed by atoms with Gasteiger partial charge in [0.05, 0.1) is 22.1 Å². The highest BCUT2D eigenvalue weighted by atomic mass is 32.1. The Labute approximate surface area is 368 Å². The molecule has 0 aliphatic heterocycles. The van der Waals surface area contributed by atoms with E-state index in [9.17, 15) is 0 Å². The lowest BCUT2D eigenvalue weighted by Crippen LogP contribution is -1.95. The van der Waals surface area contributed by atoms with Crippen molar-refractivity contribution in [3.8, 4) is 55.9 Å². The van der Waals surface area contributed by atoms with Crippen molar-refractivity contribution in [1.82, 2.24) is 9.13 Å². The Morgan fingerprint density at radius 2 is 0.619 bits per heavy atom. The maximum absolute atomic E-state index is 2.44. The third-order valence-corrected chi connectivity index (χ3v) is 14.1. The van der Waals surface area contributed by atoms with Gasteiger partial charge in [0.25, 0.3) is 0 Å². The maximum atomic E-state index is 2.44. The van der Waals surface area contributed by atoms with Crippen molar-refractivity contribution in [1.29, 1.82) is 0 Å². The largest absolute Gasteiger partial charge is 0.309 e. The van der Waals surface area contributed by atoms with Gasteiger partial charge in [0.15, 0.2) is 0 Å². The number of thiophene rings is 1. The Kier molecular flexibility index (Phi) is 8.12. The molecule has 0 atom stereocenters. The van der Waals surface area contributed by atoms with Crippen LogP contribution >= 0.6 is 11.3 Å². The summed E-state index contributed by atoms with van der Waals surface area (Å²) in [5.41, 5.74) is 16.8. The molecule has 10 aromatic carbocycles. The average molecular weight is 819 g/mol. The number of hydrogen-bond acceptors (Lipinski definition) is 1. The van der Waals surface area contributed by atoms with Crippen molar-refractivity contribution in [2.45, 2.75) is 0 Å². The molecule has 0 aliphatic rings. The van der Waals surface area contributed by atoms with Gasteiger partial charge in [-0.2, -0.15) is 0 Å². The van der Waals surface area contributed by atoms with Gasteiger partial charge in [-0.25, -0.2) is 0 Å². The molecule has 63 heavy (non-hydrogen) atoms. The van der Waals surface area contributed by atoms with E-state index >= 15 is 0 Å². The van der Waals surface area contributed by atoms with Gasteiger partial charge in [0, 0.05) is 53.1 Å². The normalized spacial score (nSPS) is 11.8. The molecule has 0 radical (unpaired) electrons. The lowest BCUT2D eigenvalue weighted by atomic mass is 9.95. The predicted molar refractivity (Wildman–Crippen MR) is 270 cm³/mol. The van der Waals surface area contributed by atoms with Crippen molar-refractivity contribution in [3.63, 3.8) is 0 Å². The SMILES string of the molecule is c1ccc(-c2cccc(-c3ccc(-c4cccc(-c5ccc6c(c5)c5ccccc5n6-c5ccc6c(c5)c5ccccc5n6-c5ccc6sc7ccccc7c6c5)c4)cc3)c2)cc1. The quantitative estimate of drug-likeness (QED) is 0.158. The molecule has 0 spiro atoms. The fourth-order valence-electron chi connectivity index (χ4n) is 9.90. The first kappa shape index (κ1) is 35.7. The van der Waals surface area contributed by atoms with Crippen molar-refractivity contribution < 1.29 is 0 Å². The fraction of sp³-hybridized carbons (Fsp3) is 0. The van der Waals surface area contributed by atoms with Gasteiger partial charge in [-0.3, -0.25) is 0 Å². The Balaban J connectivity index is 0.877. The standard InChI is InChI=1S/C60H38N2S/c1-2-12-39(13-3-1)42-14-10-15-43(34-42)40-24-26-41(27-25-40)44-16-11-17-45(35-44)46-28-31-57-52(36-46)49-18-4-7-21-55(49)61(57)47-29-32-58-53(37-47)50-19-5-8-22-56(50)62(58)48-30-33-60-54(38-48)51-20-6-9-23-59(51)63-60/h1-38H. The number of hydrogen-bond donors (Lipinski definition) is 0. The molecule has 0 saturated heterocycles. The van der Waals surface area contributed by atoms with Crippen molar-refractivity contribution in [2.24, 2.45) is 0 Å². The molecule has 294 valence electrons. The molecule has 13 rings (SSSR count). The molecule has 0 saturated carbocycles. The Morgan fingerprint density at radius 1 is 0.222 bits per heavy atom. The number of para-hydroxylation sites is 2. The van der Waals surface area contributed by atoms with Gasteiger partial charge in [-0.05, 0) is 123 Å². The second kappa shape index (κ2) is 14.3. The molecule has 13 aromatic rings. The number of nitrogens with zero attached hydrogens (tertiary/aromatic N) is 2. The molecule has 3 heteroatoms. The van der Waals surface area contributed by atoms with Crippen LogP contribution in [0.5, 0.6) is 0 Å². The number of rotatable bonds is 6. The average Bonchev–Trinajstić information content (AvgIpc) is 4.01. The summed E-state index contributed by atoms with van der Waals surface area (Å²) in [6.45, 7) is 0. The van der Waals surface area contributed by atoms with Crippen LogP contribution in [0.1, 0.15) is 0 Å². The minimum Gasteiger partial charge on any atom is -0.309 e. The lowest BCUT2D eigenvalue weighted by Gasteiger charge is -2.11. The van der Waals surface area contributed by atoms with Crippen LogP contribution in [0.4, 0.5) is 0 Å². The van der Waals surface area contributed by atoms with E-state index in [4.69, 9.17) is 0 Å². The molecule has 0 aliphatic carbocycles. The van der Waals surface area contributed by atoms with Crippen LogP contribution in [-0.2, 0) is 0 Å². The van der Waals surface area contributed by atoms with E-state index in [1.54, 1.807) is 0 Å². The lowest BCUT2D eigenvalue weighted by molar-refractivity contribution is 1.17. The number of aromatic nitrogens is 2. The highest BCUT2D eigenvalue weighted by Crippen LogP contribution is 2.41. The summed E-state index contributed by atoms with van der Waals surface area (Å²) >= 11 is 1.86. The van der Waals surface area contributed by atoms with Crippen molar-refractivity contribution in [2.75, 3.05) is 0 Å². The van der Waals surface area contributed by atoms with Crippen LogP contribution in [0.2, 0.25) is 0 Å². The molecular weight excluding hydrogens is 781 g/mol. The molecule has 0 bridgehead atoms. The van der Waals surface area contributed by atoms with Crippen LogP contribution in [-0.4, -0.2) is 9.13 Å². The van der Waals surface area contributed by atoms with E-state index in [0.717, 1.165) is 5.69 Å². The minimum absolute atomic E-state index is 1.15. The van der Waals surface area contributed by atoms with E-state index in [1.165, 1.54) is 114 Å². The van der Waals surface area contributed by atoms with Gasteiger partial charge < -0.3 is 9.13 Å². The van der Waals surface area contributed by atoms with Crippen LogP contribution in [0.15, 0.2) is 231 Å². The summed E-state index contributed by atoms with van der Waals surface area (Å²) in [5, 5.41) is 7.61. The number of benzene rings is 10. The van der Waals surface area contributed by atoms with E-state index in [1.807, 2.05) is 11.3 Å². The molecule has 3 heterocycles. The molecule has 3 aromatic heterocycles. The zero-order chi connectivity index (χ0) is 41.4. The van der Waals surface area contributed by atoms with Gasteiger partial charge in [-0.15, -0.1) is 11.3 Å². The van der Waals surface area contributed by atoms with Gasteiger partial charge in [0.1, 0.15) is 0 Å². The second-order valence-electron chi connectivity index (χ2n) is 16.5. The predicted octanol–water partition coefficient (Wildman–Crippen LogP) is 16.9. The monoisotopic (exact) mass is 818 g/mol. The summed E-state index contributed by atoms with van der Waals surface area (Å²) in [4.78, 5) is 0. The summed E-state index contributed by atoms with van der Waals surface area (Å²) in [6, 6.07) is 84.7. The minimum atomic E-state index is 1.15. The zero-order valence-electron chi connectivity index (χ0n) is 34.2. The first-order valence-corrected chi connectivity index (χ1v) is 22.4. The summed E-state index contributed by atoms with van der Waals surface area (Å²) < 4.78 is 7.52. The molecule has 2 nitrogen and oxygen atoms in total. The zero-order valence-corrected chi connectivity index (χ0v) is 35.1. The highest BCUT2D eigenvalue weighted by Gasteiger charge is 2.18. The van der Waals surface area contributed by atoms with E-state index in [-0.39, 0.29) is 0 Å². The summed E-state index contributed by atoms with van der Waals surface area (Å²) in [6.07, 6.45) is 0. The first-order chi connectivity index (χ1) is 31.2. The van der Waals surface area contributed by atoms with Gasteiger partial charge >= 0.3 is 0 Å². The fourth-order valence-corrected chi connectivity index (χ4v) is 11.0.